The number of hydrogen-bond donors (Lipinski definition) is 1. The van der Waals surface area contributed by atoms with Crippen molar-refractivity contribution < 1.29 is 14.1 Å². The maximum Gasteiger partial charge on any atom is 0.297 e. The lowest BCUT2D eigenvalue weighted by Gasteiger charge is -2.18. The summed E-state index contributed by atoms with van der Waals surface area (Å²) in [6.45, 7) is 7.79. The van der Waals surface area contributed by atoms with Gasteiger partial charge in [-0.2, -0.15) is 5.10 Å². The number of carbonyl (C=O) groups excluding carboxylic acids is 1. The van der Waals surface area contributed by atoms with Crippen LogP contribution in [-0.2, 0) is 4.79 Å². The Kier molecular flexibility index (Phi) is 6.49. The third-order valence-electron chi connectivity index (χ3n) is 5.89. The van der Waals surface area contributed by atoms with Gasteiger partial charge in [0.1, 0.15) is 23.2 Å². The van der Waals surface area contributed by atoms with Gasteiger partial charge in [0.2, 0.25) is 5.91 Å². The summed E-state index contributed by atoms with van der Waals surface area (Å²) in [4.78, 5) is 26.5. The largest absolute Gasteiger partial charge is 0.497 e. The maximum absolute atomic E-state index is 13.3. The molecule has 0 aliphatic rings. The standard InChI is InChI=1S/C26H28N4O4/c1-6-21(25(31)27-19-12-10-17(11-13-19)15(2)3)30-26(32)24-22(16(4)34-29-24)23(28-30)18-8-7-9-20(14-18)33-5/h7-15,21H,6H2,1-5H3,(H,27,31)/t21-/m1/s1. The summed E-state index contributed by atoms with van der Waals surface area (Å²) < 4.78 is 11.9. The Morgan fingerprint density at radius 2 is 1.91 bits per heavy atom. The van der Waals surface area contributed by atoms with E-state index in [1.807, 2.05) is 55.5 Å². The lowest BCUT2D eigenvalue weighted by Crippen LogP contribution is -2.35. The van der Waals surface area contributed by atoms with Crippen molar-refractivity contribution in [3.05, 3.63) is 70.2 Å². The van der Waals surface area contributed by atoms with Crippen LogP contribution in [0.4, 0.5) is 5.69 Å². The normalized spacial score (nSPS) is 12.2. The van der Waals surface area contributed by atoms with Crippen molar-refractivity contribution in [2.75, 3.05) is 12.4 Å². The Bertz CT molecular complexity index is 1390. The van der Waals surface area contributed by atoms with Crippen LogP contribution in [0.1, 0.15) is 50.5 Å². The summed E-state index contributed by atoms with van der Waals surface area (Å²) in [5.41, 5.74) is 2.72. The van der Waals surface area contributed by atoms with Gasteiger partial charge in [0.05, 0.1) is 12.5 Å². The summed E-state index contributed by atoms with van der Waals surface area (Å²) in [5, 5.41) is 12.1. The third-order valence-corrected chi connectivity index (χ3v) is 5.89. The molecule has 0 radical (unpaired) electrons. The summed E-state index contributed by atoms with van der Waals surface area (Å²) in [7, 11) is 1.58. The van der Waals surface area contributed by atoms with Crippen LogP contribution in [0.25, 0.3) is 22.2 Å². The first-order valence-corrected chi connectivity index (χ1v) is 11.3. The number of hydrogen-bond acceptors (Lipinski definition) is 6. The summed E-state index contributed by atoms with van der Waals surface area (Å²) >= 11 is 0. The van der Waals surface area contributed by atoms with E-state index >= 15 is 0 Å². The predicted octanol–water partition coefficient (Wildman–Crippen LogP) is 5.08. The highest BCUT2D eigenvalue weighted by Gasteiger charge is 2.26. The molecule has 0 saturated carbocycles. The lowest BCUT2D eigenvalue weighted by atomic mass is 10.0. The Hall–Kier alpha value is -3.94. The number of ether oxygens (including phenoxy) is 1. The number of benzene rings is 2. The monoisotopic (exact) mass is 460 g/mol. The molecule has 0 unspecified atom stereocenters. The molecule has 0 aliphatic heterocycles. The molecule has 1 N–H and O–H groups in total. The number of anilines is 1. The maximum atomic E-state index is 13.3. The molecule has 176 valence electrons. The molecule has 2 heterocycles. The molecule has 8 nitrogen and oxygen atoms in total. The Morgan fingerprint density at radius 3 is 2.56 bits per heavy atom. The van der Waals surface area contributed by atoms with E-state index in [1.54, 1.807) is 14.0 Å². The number of nitrogens with one attached hydrogen (secondary N) is 1. The minimum atomic E-state index is -0.831. The van der Waals surface area contributed by atoms with E-state index in [1.165, 1.54) is 10.2 Å². The number of methoxy groups -OCH3 is 1. The van der Waals surface area contributed by atoms with Crippen LogP contribution >= 0.6 is 0 Å². The molecule has 34 heavy (non-hydrogen) atoms. The van der Waals surface area contributed by atoms with Crippen molar-refractivity contribution >= 4 is 22.5 Å². The van der Waals surface area contributed by atoms with Crippen molar-refractivity contribution in [3.63, 3.8) is 0 Å². The van der Waals surface area contributed by atoms with Gasteiger partial charge in [0, 0.05) is 11.3 Å². The van der Waals surface area contributed by atoms with Gasteiger partial charge < -0.3 is 14.6 Å². The molecule has 1 amide bonds. The lowest BCUT2D eigenvalue weighted by molar-refractivity contribution is -0.119. The number of nitrogens with zero attached hydrogens (tertiary/aromatic N) is 3. The van der Waals surface area contributed by atoms with Crippen LogP contribution in [0.5, 0.6) is 5.75 Å². The number of aromatic nitrogens is 3. The fraction of sp³-hybridized carbons (Fsp3) is 0.308. The fourth-order valence-corrected chi connectivity index (χ4v) is 3.94. The van der Waals surface area contributed by atoms with Crippen LogP contribution in [-0.4, -0.2) is 28.0 Å². The Labute approximate surface area is 197 Å². The van der Waals surface area contributed by atoms with Gasteiger partial charge in [-0.05, 0) is 49.1 Å². The zero-order valence-corrected chi connectivity index (χ0v) is 20.0. The highest BCUT2D eigenvalue weighted by atomic mass is 16.5. The number of aryl methyl sites for hydroxylation is 1. The van der Waals surface area contributed by atoms with Gasteiger partial charge >= 0.3 is 0 Å². The van der Waals surface area contributed by atoms with Crippen molar-refractivity contribution in [2.24, 2.45) is 0 Å². The summed E-state index contributed by atoms with van der Waals surface area (Å²) in [5.74, 6) is 1.19. The van der Waals surface area contributed by atoms with Gasteiger partial charge in [0.15, 0.2) is 5.52 Å². The highest BCUT2D eigenvalue weighted by molar-refractivity contribution is 5.95. The van der Waals surface area contributed by atoms with Gasteiger partial charge in [-0.3, -0.25) is 9.59 Å². The van der Waals surface area contributed by atoms with Gasteiger partial charge in [-0.1, -0.05) is 50.2 Å². The van der Waals surface area contributed by atoms with E-state index in [0.717, 1.165) is 5.56 Å². The van der Waals surface area contributed by atoms with Crippen LogP contribution < -0.4 is 15.6 Å². The van der Waals surface area contributed by atoms with Crippen LogP contribution in [0, 0.1) is 6.92 Å². The number of carbonyl (C=O) groups is 1. The van der Waals surface area contributed by atoms with E-state index in [2.05, 4.69) is 29.4 Å². The molecule has 2 aromatic heterocycles. The van der Waals surface area contributed by atoms with Gasteiger partial charge in [-0.25, -0.2) is 4.68 Å². The van der Waals surface area contributed by atoms with Crippen molar-refractivity contribution in [3.8, 4) is 17.0 Å². The zero-order chi connectivity index (χ0) is 24.4. The fourth-order valence-electron chi connectivity index (χ4n) is 3.94. The Balaban J connectivity index is 1.78. The average Bonchev–Trinajstić information content (AvgIpc) is 3.23. The smallest absolute Gasteiger partial charge is 0.297 e. The van der Waals surface area contributed by atoms with Crippen LogP contribution in [0.3, 0.4) is 0 Å². The molecule has 0 spiro atoms. The summed E-state index contributed by atoms with van der Waals surface area (Å²) in [6.07, 6.45) is 0.364. The Morgan fingerprint density at radius 1 is 1.18 bits per heavy atom. The molecule has 1 atom stereocenters. The van der Waals surface area contributed by atoms with Crippen molar-refractivity contribution in [1.82, 2.24) is 14.9 Å². The molecule has 4 aromatic rings. The quantitative estimate of drug-likeness (QED) is 0.413. The molecule has 8 heteroatoms. The van der Waals surface area contributed by atoms with Crippen molar-refractivity contribution in [2.45, 2.75) is 46.1 Å². The van der Waals surface area contributed by atoms with Gasteiger partial charge in [0.25, 0.3) is 5.56 Å². The molecular formula is C26H28N4O4. The predicted molar refractivity (Wildman–Crippen MR) is 131 cm³/mol. The minimum Gasteiger partial charge on any atom is -0.497 e. The van der Waals surface area contributed by atoms with E-state index in [4.69, 9.17) is 9.26 Å². The second-order valence-electron chi connectivity index (χ2n) is 8.48. The first kappa shape index (κ1) is 23.2. The zero-order valence-electron chi connectivity index (χ0n) is 20.0. The SMILES string of the molecule is CC[C@H](C(=O)Nc1ccc(C(C)C)cc1)n1nc(-c2cccc(OC)c2)c2c(C)onc2c1=O. The second-order valence-corrected chi connectivity index (χ2v) is 8.48. The van der Waals surface area contributed by atoms with Gasteiger partial charge in [-0.15, -0.1) is 0 Å². The average molecular weight is 461 g/mol. The molecule has 0 fully saturated rings. The first-order valence-electron chi connectivity index (χ1n) is 11.3. The third kappa shape index (κ3) is 4.31. The van der Waals surface area contributed by atoms with Crippen LogP contribution in [0.15, 0.2) is 57.8 Å². The molecule has 0 saturated heterocycles. The summed E-state index contributed by atoms with van der Waals surface area (Å²) in [6, 6.07) is 14.2. The molecule has 2 aromatic carbocycles. The van der Waals surface area contributed by atoms with E-state index < -0.39 is 11.6 Å². The molecule has 0 bridgehead atoms. The molecular weight excluding hydrogens is 432 g/mol. The van der Waals surface area contributed by atoms with Crippen molar-refractivity contribution in [1.29, 1.82) is 0 Å². The number of fused-ring (bicyclic) bond motifs is 1. The number of amides is 1. The molecule has 0 aliphatic carbocycles. The van der Waals surface area contributed by atoms with Crippen LogP contribution in [0.2, 0.25) is 0 Å². The second kappa shape index (κ2) is 9.51. The van der Waals surface area contributed by atoms with E-state index in [9.17, 15) is 9.59 Å². The molecule has 4 rings (SSSR count). The van der Waals surface area contributed by atoms with E-state index in [0.29, 0.717) is 40.6 Å². The first-order chi connectivity index (χ1) is 16.3. The topological polar surface area (TPSA) is 99.2 Å². The number of rotatable bonds is 7. The highest BCUT2D eigenvalue weighted by Crippen LogP contribution is 2.30. The minimum absolute atomic E-state index is 0.137. The van der Waals surface area contributed by atoms with E-state index in [-0.39, 0.29) is 11.4 Å².